The van der Waals surface area contributed by atoms with Crippen LogP contribution >= 0.6 is 34.7 Å². The van der Waals surface area contributed by atoms with Gasteiger partial charge in [0.1, 0.15) is 0 Å². The molecule has 0 bridgehead atoms. The van der Waals surface area contributed by atoms with Crippen molar-refractivity contribution in [1.29, 1.82) is 0 Å². The highest BCUT2D eigenvalue weighted by atomic mass is 35.5. The number of hydrogen-bond donors (Lipinski definition) is 1. The first-order valence-corrected chi connectivity index (χ1v) is 9.80. The van der Waals surface area contributed by atoms with Crippen LogP contribution in [0.2, 0.25) is 5.02 Å². The molecule has 0 saturated heterocycles. The second-order valence-electron chi connectivity index (χ2n) is 5.17. The molecule has 24 heavy (non-hydrogen) atoms. The van der Waals surface area contributed by atoms with Gasteiger partial charge in [-0.1, -0.05) is 35.9 Å². The van der Waals surface area contributed by atoms with E-state index in [9.17, 15) is 4.79 Å². The molecule has 1 N–H and O–H groups in total. The number of benzene rings is 2. The van der Waals surface area contributed by atoms with Gasteiger partial charge in [0.05, 0.1) is 4.88 Å². The summed E-state index contributed by atoms with van der Waals surface area (Å²) >= 11 is 9.21. The van der Waals surface area contributed by atoms with Crippen molar-refractivity contribution in [2.75, 3.05) is 13.3 Å². The molecule has 5 heteroatoms. The Bertz CT molecular complexity index is 854. The average molecular weight is 374 g/mol. The van der Waals surface area contributed by atoms with Gasteiger partial charge in [-0.3, -0.25) is 4.79 Å². The van der Waals surface area contributed by atoms with E-state index in [2.05, 4.69) is 35.8 Å². The molecule has 3 rings (SSSR count). The Kier molecular flexibility index (Phi) is 5.29. The summed E-state index contributed by atoms with van der Waals surface area (Å²) in [6.45, 7) is 0. The van der Waals surface area contributed by atoms with E-state index in [0.717, 1.165) is 21.6 Å². The molecule has 0 atom stereocenters. The van der Waals surface area contributed by atoms with Gasteiger partial charge < -0.3 is 5.32 Å². The van der Waals surface area contributed by atoms with Gasteiger partial charge in [-0.15, -0.1) is 23.1 Å². The summed E-state index contributed by atoms with van der Waals surface area (Å²) in [5.74, 6) is -0.0674. The SMILES string of the molecule is CNC(=O)c1cc(-c2ccc(SC)cc2)c(-c2ccc(Cl)cc2)s1. The van der Waals surface area contributed by atoms with Crippen LogP contribution in [-0.4, -0.2) is 19.2 Å². The quantitative estimate of drug-likeness (QED) is 0.584. The third kappa shape index (κ3) is 3.51. The minimum Gasteiger partial charge on any atom is -0.354 e. The lowest BCUT2D eigenvalue weighted by Gasteiger charge is -2.05. The molecule has 0 radical (unpaired) electrons. The van der Waals surface area contributed by atoms with E-state index in [4.69, 9.17) is 11.6 Å². The van der Waals surface area contributed by atoms with Crippen molar-refractivity contribution < 1.29 is 4.79 Å². The molecule has 122 valence electrons. The van der Waals surface area contributed by atoms with Crippen molar-refractivity contribution in [1.82, 2.24) is 5.32 Å². The van der Waals surface area contributed by atoms with Crippen LogP contribution in [0.1, 0.15) is 9.67 Å². The molecule has 1 aromatic heterocycles. The van der Waals surface area contributed by atoms with Crippen molar-refractivity contribution >= 4 is 40.6 Å². The molecule has 0 fully saturated rings. The third-order valence-electron chi connectivity index (χ3n) is 3.69. The Morgan fingerprint density at radius 2 is 1.67 bits per heavy atom. The van der Waals surface area contributed by atoms with Crippen molar-refractivity contribution in [2.24, 2.45) is 0 Å². The maximum absolute atomic E-state index is 12.1. The normalized spacial score (nSPS) is 10.6. The van der Waals surface area contributed by atoms with Crippen LogP contribution < -0.4 is 5.32 Å². The number of rotatable bonds is 4. The summed E-state index contributed by atoms with van der Waals surface area (Å²) < 4.78 is 0. The van der Waals surface area contributed by atoms with Gasteiger partial charge in [0.25, 0.3) is 5.91 Å². The number of amides is 1. The minimum atomic E-state index is -0.0674. The van der Waals surface area contributed by atoms with E-state index < -0.39 is 0 Å². The molecular formula is C19H16ClNOS2. The second-order valence-corrected chi connectivity index (χ2v) is 7.54. The Balaban J connectivity index is 2.13. The molecule has 1 amide bonds. The summed E-state index contributed by atoms with van der Waals surface area (Å²) in [6.07, 6.45) is 2.06. The van der Waals surface area contributed by atoms with Crippen LogP contribution in [-0.2, 0) is 0 Å². The number of hydrogen-bond acceptors (Lipinski definition) is 3. The number of thiophene rings is 1. The lowest BCUT2D eigenvalue weighted by Crippen LogP contribution is -2.16. The standard InChI is InChI=1S/C19H16ClNOS2/c1-21-19(22)17-11-16(12-5-9-15(23-2)10-6-12)18(24-17)13-3-7-14(20)8-4-13/h3-11H,1-2H3,(H,21,22). The van der Waals surface area contributed by atoms with Crippen LogP contribution in [0, 0.1) is 0 Å². The molecule has 0 saturated carbocycles. The van der Waals surface area contributed by atoms with Crippen molar-refractivity contribution in [3.8, 4) is 21.6 Å². The van der Waals surface area contributed by atoms with Gasteiger partial charge in [-0.2, -0.15) is 0 Å². The minimum absolute atomic E-state index is 0.0674. The first-order chi connectivity index (χ1) is 11.6. The van der Waals surface area contributed by atoms with E-state index >= 15 is 0 Å². The molecule has 0 aliphatic heterocycles. The molecule has 0 aliphatic carbocycles. The zero-order chi connectivity index (χ0) is 17.1. The van der Waals surface area contributed by atoms with E-state index in [1.807, 2.05) is 30.3 Å². The smallest absolute Gasteiger partial charge is 0.261 e. The Morgan fingerprint density at radius 1 is 1.04 bits per heavy atom. The largest absolute Gasteiger partial charge is 0.354 e. The molecule has 0 unspecified atom stereocenters. The van der Waals surface area contributed by atoms with Crippen molar-refractivity contribution in [3.63, 3.8) is 0 Å². The third-order valence-corrected chi connectivity index (χ3v) is 5.87. The van der Waals surface area contributed by atoms with E-state index in [0.29, 0.717) is 9.90 Å². The van der Waals surface area contributed by atoms with Gasteiger partial charge in [-0.05, 0) is 47.7 Å². The van der Waals surface area contributed by atoms with Crippen LogP contribution in [0.4, 0.5) is 0 Å². The van der Waals surface area contributed by atoms with E-state index in [1.165, 1.54) is 16.2 Å². The van der Waals surface area contributed by atoms with Crippen molar-refractivity contribution in [2.45, 2.75) is 4.90 Å². The summed E-state index contributed by atoms with van der Waals surface area (Å²) in [5.41, 5.74) is 3.22. The number of nitrogens with one attached hydrogen (secondary N) is 1. The molecule has 1 heterocycles. The summed E-state index contributed by atoms with van der Waals surface area (Å²) in [5, 5.41) is 3.40. The highest BCUT2D eigenvalue weighted by molar-refractivity contribution is 7.98. The molecule has 2 aromatic carbocycles. The molecule has 3 aromatic rings. The summed E-state index contributed by atoms with van der Waals surface area (Å²) in [4.78, 5) is 15.1. The lowest BCUT2D eigenvalue weighted by atomic mass is 10.0. The molecule has 2 nitrogen and oxygen atoms in total. The maximum atomic E-state index is 12.1. The highest BCUT2D eigenvalue weighted by Crippen LogP contribution is 2.40. The zero-order valence-corrected chi connectivity index (χ0v) is 15.7. The first-order valence-electron chi connectivity index (χ1n) is 7.38. The lowest BCUT2D eigenvalue weighted by molar-refractivity contribution is 0.0967. The Hall–Kier alpha value is -1.75. The zero-order valence-electron chi connectivity index (χ0n) is 13.3. The van der Waals surface area contributed by atoms with Gasteiger partial charge >= 0.3 is 0 Å². The van der Waals surface area contributed by atoms with Gasteiger partial charge in [0.2, 0.25) is 0 Å². The van der Waals surface area contributed by atoms with Gasteiger partial charge in [-0.25, -0.2) is 0 Å². The predicted molar refractivity (Wildman–Crippen MR) is 105 cm³/mol. The topological polar surface area (TPSA) is 29.1 Å². The van der Waals surface area contributed by atoms with Crippen LogP contribution in [0.15, 0.2) is 59.5 Å². The maximum Gasteiger partial charge on any atom is 0.261 e. The number of halogens is 1. The number of thioether (sulfide) groups is 1. The fourth-order valence-corrected chi connectivity index (χ4v) is 4.09. The average Bonchev–Trinajstić information content (AvgIpc) is 3.07. The second kappa shape index (κ2) is 7.43. The highest BCUT2D eigenvalue weighted by Gasteiger charge is 2.16. The fraction of sp³-hybridized carbons (Fsp3) is 0.105. The van der Waals surface area contributed by atoms with E-state index in [-0.39, 0.29) is 5.91 Å². The molecule has 0 spiro atoms. The number of carbonyl (C=O) groups excluding carboxylic acids is 1. The molecular weight excluding hydrogens is 358 g/mol. The Morgan fingerprint density at radius 3 is 2.25 bits per heavy atom. The summed E-state index contributed by atoms with van der Waals surface area (Å²) in [6, 6.07) is 18.1. The Labute approximate surface area is 154 Å². The summed E-state index contributed by atoms with van der Waals surface area (Å²) in [7, 11) is 1.65. The van der Waals surface area contributed by atoms with E-state index in [1.54, 1.807) is 18.8 Å². The fourth-order valence-electron chi connectivity index (χ4n) is 2.43. The van der Waals surface area contributed by atoms with Crippen LogP contribution in [0.5, 0.6) is 0 Å². The predicted octanol–water partition coefficient (Wildman–Crippen LogP) is 5.82. The van der Waals surface area contributed by atoms with Gasteiger partial charge in [0.15, 0.2) is 0 Å². The first kappa shape index (κ1) is 17.1. The van der Waals surface area contributed by atoms with Crippen LogP contribution in [0.3, 0.4) is 0 Å². The van der Waals surface area contributed by atoms with Crippen molar-refractivity contribution in [3.05, 3.63) is 64.5 Å². The number of carbonyl (C=O) groups is 1. The monoisotopic (exact) mass is 373 g/mol. The van der Waals surface area contributed by atoms with Crippen LogP contribution in [0.25, 0.3) is 21.6 Å². The van der Waals surface area contributed by atoms with Gasteiger partial charge in [0, 0.05) is 27.4 Å². The molecule has 0 aliphatic rings.